The first-order chi connectivity index (χ1) is 9.74. The molecule has 0 amide bonds. The van der Waals surface area contributed by atoms with Crippen LogP contribution in [0.15, 0.2) is 4.52 Å². The van der Waals surface area contributed by atoms with Gasteiger partial charge in [-0.15, -0.1) is 0 Å². The van der Waals surface area contributed by atoms with E-state index >= 15 is 0 Å². The number of likely N-dealkylation sites (N-methyl/N-ethyl adjacent to an activating group) is 1. The quantitative estimate of drug-likeness (QED) is 0.810. The highest BCUT2D eigenvalue weighted by atomic mass is 16.5. The standard InChI is InChI=1S/C15H28N4O/c1-3-19(4-2)11-10-14-17-15(20-18-14)12-8-6-5-7-9-13(12)16/h12-13H,3-11,16H2,1-2H3. The summed E-state index contributed by atoms with van der Waals surface area (Å²) < 4.78 is 5.47. The molecule has 2 N–H and O–H groups in total. The zero-order valence-electron chi connectivity index (χ0n) is 12.8. The second-order valence-electron chi connectivity index (χ2n) is 5.73. The Bertz CT molecular complexity index is 389. The smallest absolute Gasteiger partial charge is 0.231 e. The summed E-state index contributed by atoms with van der Waals surface area (Å²) in [6, 6.07) is 0.175. The molecule has 2 atom stereocenters. The normalized spacial score (nSPS) is 24.0. The summed E-state index contributed by atoms with van der Waals surface area (Å²) in [4.78, 5) is 6.95. The van der Waals surface area contributed by atoms with Crippen molar-refractivity contribution in [3.05, 3.63) is 11.7 Å². The van der Waals surface area contributed by atoms with Crippen molar-refractivity contribution < 1.29 is 4.52 Å². The molecule has 1 aliphatic rings. The Kier molecular flexibility index (Phi) is 5.98. The van der Waals surface area contributed by atoms with E-state index in [1.54, 1.807) is 0 Å². The molecule has 2 rings (SSSR count). The van der Waals surface area contributed by atoms with E-state index in [9.17, 15) is 0 Å². The molecule has 0 bridgehead atoms. The van der Waals surface area contributed by atoms with Gasteiger partial charge in [0, 0.05) is 19.0 Å². The largest absolute Gasteiger partial charge is 0.339 e. The van der Waals surface area contributed by atoms with Gasteiger partial charge >= 0.3 is 0 Å². The van der Waals surface area contributed by atoms with Gasteiger partial charge in [0.1, 0.15) is 0 Å². The summed E-state index contributed by atoms with van der Waals surface area (Å²) in [6.07, 6.45) is 6.72. The monoisotopic (exact) mass is 280 g/mol. The molecule has 5 nitrogen and oxygen atoms in total. The number of aromatic nitrogens is 2. The summed E-state index contributed by atoms with van der Waals surface area (Å²) in [6.45, 7) is 7.47. The lowest BCUT2D eigenvalue weighted by atomic mass is 9.95. The molecular formula is C15H28N4O. The third kappa shape index (κ3) is 4.03. The molecule has 1 aromatic rings. The van der Waals surface area contributed by atoms with Crippen molar-refractivity contribution >= 4 is 0 Å². The van der Waals surface area contributed by atoms with Crippen molar-refractivity contribution in [1.29, 1.82) is 0 Å². The highest BCUT2D eigenvalue weighted by Gasteiger charge is 2.27. The molecule has 2 unspecified atom stereocenters. The number of rotatable bonds is 6. The van der Waals surface area contributed by atoms with Crippen molar-refractivity contribution in [3.8, 4) is 0 Å². The maximum absolute atomic E-state index is 6.25. The van der Waals surface area contributed by atoms with Crippen molar-refractivity contribution in [3.63, 3.8) is 0 Å². The molecule has 20 heavy (non-hydrogen) atoms. The Balaban J connectivity index is 1.93. The summed E-state index contributed by atoms with van der Waals surface area (Å²) in [7, 11) is 0. The van der Waals surface area contributed by atoms with Crippen molar-refractivity contribution in [2.75, 3.05) is 19.6 Å². The Morgan fingerprint density at radius 1 is 1.20 bits per heavy atom. The second kappa shape index (κ2) is 7.74. The van der Waals surface area contributed by atoms with Gasteiger partial charge in [-0.1, -0.05) is 38.3 Å². The number of hydrogen-bond donors (Lipinski definition) is 1. The Morgan fingerprint density at radius 3 is 2.70 bits per heavy atom. The summed E-state index contributed by atoms with van der Waals surface area (Å²) >= 11 is 0. The van der Waals surface area contributed by atoms with E-state index in [1.807, 2.05) is 0 Å². The summed E-state index contributed by atoms with van der Waals surface area (Å²) in [5.41, 5.74) is 6.25. The Morgan fingerprint density at radius 2 is 1.95 bits per heavy atom. The van der Waals surface area contributed by atoms with Crippen molar-refractivity contribution in [2.45, 2.75) is 64.3 Å². The van der Waals surface area contributed by atoms with Crippen LogP contribution in [-0.4, -0.2) is 40.7 Å². The molecule has 0 radical (unpaired) electrons. The SMILES string of the molecule is CCN(CC)CCc1noc(C2CCCCCC2N)n1. The zero-order chi connectivity index (χ0) is 14.4. The van der Waals surface area contributed by atoms with Gasteiger partial charge in [-0.3, -0.25) is 0 Å². The van der Waals surface area contributed by atoms with Crippen LogP contribution in [0.4, 0.5) is 0 Å². The third-order valence-corrected chi connectivity index (χ3v) is 4.42. The minimum Gasteiger partial charge on any atom is -0.339 e. The van der Waals surface area contributed by atoms with Gasteiger partial charge in [-0.25, -0.2) is 0 Å². The first-order valence-corrected chi connectivity index (χ1v) is 8.05. The van der Waals surface area contributed by atoms with Crippen LogP contribution in [0.3, 0.4) is 0 Å². The molecule has 0 spiro atoms. The van der Waals surface area contributed by atoms with Crippen molar-refractivity contribution in [1.82, 2.24) is 15.0 Å². The highest BCUT2D eigenvalue weighted by molar-refractivity contribution is 5.00. The van der Waals surface area contributed by atoms with Crippen LogP contribution in [0.5, 0.6) is 0 Å². The van der Waals surface area contributed by atoms with Crippen LogP contribution in [0, 0.1) is 0 Å². The van der Waals surface area contributed by atoms with Gasteiger partial charge in [0.25, 0.3) is 0 Å². The molecule has 1 aliphatic carbocycles. The van der Waals surface area contributed by atoms with Crippen LogP contribution in [0.2, 0.25) is 0 Å². The molecule has 1 aromatic heterocycles. The number of nitrogens with two attached hydrogens (primary N) is 1. The van der Waals surface area contributed by atoms with Crippen LogP contribution in [-0.2, 0) is 6.42 Å². The van der Waals surface area contributed by atoms with Crippen molar-refractivity contribution in [2.24, 2.45) is 5.73 Å². The van der Waals surface area contributed by atoms with Gasteiger partial charge < -0.3 is 15.2 Å². The van der Waals surface area contributed by atoms with Gasteiger partial charge in [0.2, 0.25) is 5.89 Å². The topological polar surface area (TPSA) is 68.2 Å². The predicted molar refractivity (Wildman–Crippen MR) is 79.6 cm³/mol. The molecule has 1 saturated carbocycles. The average molecular weight is 280 g/mol. The van der Waals surface area contributed by atoms with Gasteiger partial charge in [-0.05, 0) is 25.9 Å². The van der Waals surface area contributed by atoms with Gasteiger partial charge in [0.15, 0.2) is 5.82 Å². The zero-order valence-corrected chi connectivity index (χ0v) is 12.8. The fourth-order valence-corrected chi connectivity index (χ4v) is 2.96. The fourth-order valence-electron chi connectivity index (χ4n) is 2.96. The summed E-state index contributed by atoms with van der Waals surface area (Å²) in [5.74, 6) is 1.84. The molecular weight excluding hydrogens is 252 g/mol. The lowest BCUT2D eigenvalue weighted by Crippen LogP contribution is -2.27. The van der Waals surface area contributed by atoms with E-state index in [2.05, 4.69) is 28.9 Å². The van der Waals surface area contributed by atoms with Crippen LogP contribution >= 0.6 is 0 Å². The van der Waals surface area contributed by atoms with Crippen LogP contribution in [0.1, 0.15) is 63.6 Å². The maximum atomic E-state index is 6.25. The van der Waals surface area contributed by atoms with E-state index < -0.39 is 0 Å². The highest BCUT2D eigenvalue weighted by Crippen LogP contribution is 2.29. The van der Waals surface area contributed by atoms with Gasteiger partial charge in [-0.2, -0.15) is 4.98 Å². The molecule has 0 aliphatic heterocycles. The minimum absolute atomic E-state index is 0.175. The predicted octanol–water partition coefficient (Wildman–Crippen LogP) is 2.33. The Labute approximate surface area is 121 Å². The lowest BCUT2D eigenvalue weighted by Gasteiger charge is -2.17. The van der Waals surface area contributed by atoms with E-state index in [0.29, 0.717) is 0 Å². The second-order valence-corrected chi connectivity index (χ2v) is 5.73. The molecule has 5 heteroatoms. The molecule has 114 valence electrons. The molecule has 1 heterocycles. The van der Waals surface area contributed by atoms with E-state index in [1.165, 1.54) is 19.3 Å². The van der Waals surface area contributed by atoms with Gasteiger partial charge in [0.05, 0.1) is 5.92 Å². The molecule has 0 aromatic carbocycles. The Hall–Kier alpha value is -0.940. The number of hydrogen-bond acceptors (Lipinski definition) is 5. The maximum Gasteiger partial charge on any atom is 0.231 e. The average Bonchev–Trinajstić information content (AvgIpc) is 2.82. The molecule has 0 saturated heterocycles. The van der Waals surface area contributed by atoms with Crippen LogP contribution < -0.4 is 5.73 Å². The summed E-state index contributed by atoms with van der Waals surface area (Å²) in [5, 5.41) is 4.13. The van der Waals surface area contributed by atoms with E-state index in [-0.39, 0.29) is 12.0 Å². The van der Waals surface area contributed by atoms with E-state index in [0.717, 1.165) is 50.6 Å². The lowest BCUT2D eigenvalue weighted by molar-refractivity contribution is 0.300. The van der Waals surface area contributed by atoms with Crippen LogP contribution in [0.25, 0.3) is 0 Å². The molecule has 1 fully saturated rings. The van der Waals surface area contributed by atoms with E-state index in [4.69, 9.17) is 10.3 Å². The third-order valence-electron chi connectivity index (χ3n) is 4.42. The fraction of sp³-hybridized carbons (Fsp3) is 0.867. The number of nitrogens with zero attached hydrogens (tertiary/aromatic N) is 3. The minimum atomic E-state index is 0.175. The first kappa shape index (κ1) is 15.4. The first-order valence-electron chi connectivity index (χ1n) is 8.05.